The molecule has 0 aliphatic carbocycles. The quantitative estimate of drug-likeness (QED) is 0.484. The molecule has 0 radical (unpaired) electrons. The number of alkyl halides is 9. The molecular formula is C13H25F9O2. The van der Waals surface area contributed by atoms with Gasteiger partial charge in [-0.05, 0) is 19.9 Å². The number of halogens is 9. The van der Waals surface area contributed by atoms with Gasteiger partial charge >= 0.3 is 6.18 Å². The summed E-state index contributed by atoms with van der Waals surface area (Å²) < 4.78 is 96.4. The van der Waals surface area contributed by atoms with E-state index in [0.29, 0.717) is 14.4 Å². The van der Waals surface area contributed by atoms with E-state index < -0.39 is 19.7 Å². The fraction of sp³-hybridized carbons (Fsp3) is 0.769. The van der Waals surface area contributed by atoms with Gasteiger partial charge in [0, 0.05) is 0 Å². The molecule has 0 spiro atoms. The summed E-state index contributed by atoms with van der Waals surface area (Å²) in [7, 11) is 1.00. The Hall–Kier alpha value is -1.26. The van der Waals surface area contributed by atoms with Crippen molar-refractivity contribution in [1.29, 1.82) is 0 Å². The number of ketones is 1. The minimum Gasteiger partial charge on any atom is -0.342 e. The van der Waals surface area contributed by atoms with Gasteiger partial charge in [0.25, 0.3) is 0 Å². The predicted octanol–water partition coefficient (Wildman–Crippen LogP) is 5.33. The highest BCUT2D eigenvalue weighted by molar-refractivity contribution is 5.90. The van der Waals surface area contributed by atoms with Crippen LogP contribution in [0, 0.1) is 0 Å². The number of rotatable bonds is 4. The molecule has 11 heteroatoms. The average Bonchev–Trinajstić information content (AvgIpc) is 2.57. The van der Waals surface area contributed by atoms with Crippen molar-refractivity contribution in [2.75, 3.05) is 47.8 Å². The number of hydrogen-bond acceptors (Lipinski definition) is 2. The zero-order valence-corrected chi connectivity index (χ0v) is 14.0. The molecule has 0 saturated carbocycles. The van der Waals surface area contributed by atoms with Crippen LogP contribution in [0.2, 0.25) is 0 Å². The van der Waals surface area contributed by atoms with Gasteiger partial charge in [-0.15, -0.1) is 0 Å². The molecule has 0 aromatic heterocycles. The maximum atomic E-state index is 11.1. The molecule has 0 aliphatic heterocycles. The van der Waals surface area contributed by atoms with Crippen LogP contribution in [-0.2, 0) is 9.53 Å². The van der Waals surface area contributed by atoms with E-state index in [0.717, 1.165) is 6.08 Å². The van der Waals surface area contributed by atoms with Crippen molar-refractivity contribution in [2.45, 2.75) is 20.0 Å². The Balaban J connectivity index is -0.0000000448. The molecule has 0 aromatic carbocycles. The highest BCUT2D eigenvalue weighted by Gasteiger charge is 2.26. The van der Waals surface area contributed by atoms with Crippen LogP contribution in [0.1, 0.15) is 13.8 Å². The molecule has 152 valence electrons. The van der Waals surface area contributed by atoms with Crippen LogP contribution in [0.15, 0.2) is 12.7 Å². The first-order valence-electron chi connectivity index (χ1n) is 5.99. The zero-order chi connectivity index (χ0) is 21.0. The Kier molecular flexibility index (Phi) is 68.8. The minimum atomic E-state index is -4.62. The molecule has 24 heavy (non-hydrogen) atoms. The van der Waals surface area contributed by atoms with E-state index >= 15 is 0 Å². The van der Waals surface area contributed by atoms with Crippen LogP contribution >= 0.6 is 0 Å². The number of carbonyl (C=O) groups excluding carboxylic acids is 1. The summed E-state index contributed by atoms with van der Waals surface area (Å²) in [6, 6.07) is 0. The van der Waals surface area contributed by atoms with Crippen molar-refractivity contribution in [3.8, 4) is 0 Å². The molecule has 0 fully saturated rings. The summed E-state index contributed by atoms with van der Waals surface area (Å²) in [5.74, 6) is -0.303. The van der Waals surface area contributed by atoms with E-state index in [1.807, 2.05) is 0 Å². The Morgan fingerprint density at radius 1 is 0.958 bits per heavy atom. The van der Waals surface area contributed by atoms with Crippen LogP contribution < -0.4 is 0 Å². The average molecular weight is 384 g/mol. The molecule has 0 unspecified atom stereocenters. The van der Waals surface area contributed by atoms with E-state index in [4.69, 9.17) is 0 Å². The molecule has 0 N–H and O–H groups in total. The molecule has 0 amide bonds. The lowest BCUT2D eigenvalue weighted by Crippen LogP contribution is -2.08. The van der Waals surface area contributed by atoms with Crippen molar-refractivity contribution in [3.63, 3.8) is 0 Å². The molecule has 0 atom stereocenters. The third kappa shape index (κ3) is 135. The third-order valence-electron chi connectivity index (χ3n) is 0.701. The lowest BCUT2D eigenvalue weighted by atomic mass is 10.4. The highest BCUT2D eigenvalue weighted by Crippen LogP contribution is 2.13. The summed E-state index contributed by atoms with van der Waals surface area (Å²) in [4.78, 5) is 10.2. The smallest absolute Gasteiger partial charge is 0.342 e. The van der Waals surface area contributed by atoms with Gasteiger partial charge < -0.3 is 4.74 Å². The number of ether oxygens (including phenoxy) is 1. The van der Waals surface area contributed by atoms with Crippen molar-refractivity contribution in [3.05, 3.63) is 12.7 Å². The minimum absolute atomic E-state index is 0.208. The maximum Gasteiger partial charge on any atom is 0.416 e. The number of hydrogen-bond donors (Lipinski definition) is 0. The second-order valence-corrected chi connectivity index (χ2v) is 2.41. The molecule has 0 saturated heterocycles. The Bertz CT molecular complexity index is 198. The Labute approximate surface area is 136 Å². The standard InChI is InChI=1S/C5H7FO2.C2H2F4.2C2H5F.2CH3F/c1-2-5(7)3-8-4-6;3-1-2(4,5)6;2*1-2-3;2*1-2/h2H,1,3-4H2;1H2;2*2H2,1H3;2*1H3. The van der Waals surface area contributed by atoms with Gasteiger partial charge in [0.1, 0.15) is 6.61 Å². The molecule has 0 aliphatic rings. The fourth-order valence-electron chi connectivity index (χ4n) is 0.198. The SMILES string of the molecule is C=CC(=O)COCF.CCF.CCF.CF.CF.FCC(F)(F)F. The molecule has 0 aromatic rings. The Morgan fingerprint density at radius 2 is 1.21 bits per heavy atom. The molecule has 0 bridgehead atoms. The maximum absolute atomic E-state index is 11.1. The summed E-state index contributed by atoms with van der Waals surface area (Å²) in [6.07, 6.45) is -3.53. The van der Waals surface area contributed by atoms with E-state index in [1.54, 1.807) is 0 Å². The van der Waals surface area contributed by atoms with Gasteiger partial charge in [-0.1, -0.05) is 6.58 Å². The predicted molar refractivity (Wildman–Crippen MR) is 76.5 cm³/mol. The van der Waals surface area contributed by atoms with Crippen LogP contribution in [-0.4, -0.2) is 59.8 Å². The van der Waals surface area contributed by atoms with Crippen LogP contribution in [0.4, 0.5) is 39.5 Å². The van der Waals surface area contributed by atoms with E-state index in [9.17, 15) is 44.3 Å². The first-order valence-corrected chi connectivity index (χ1v) is 5.99. The monoisotopic (exact) mass is 384 g/mol. The lowest BCUT2D eigenvalue weighted by Gasteiger charge is -1.93. The summed E-state index contributed by atoms with van der Waals surface area (Å²) in [5, 5.41) is 0. The second kappa shape index (κ2) is 43.0. The second-order valence-electron chi connectivity index (χ2n) is 2.41. The van der Waals surface area contributed by atoms with E-state index in [-0.39, 0.29) is 25.7 Å². The lowest BCUT2D eigenvalue weighted by molar-refractivity contribution is -0.142. The van der Waals surface area contributed by atoms with E-state index in [1.165, 1.54) is 13.8 Å². The van der Waals surface area contributed by atoms with Gasteiger partial charge in [0.2, 0.25) is 0 Å². The molecule has 0 rings (SSSR count). The summed E-state index contributed by atoms with van der Waals surface area (Å²) in [5.41, 5.74) is 0. The summed E-state index contributed by atoms with van der Waals surface area (Å²) in [6.45, 7) is 2.22. The summed E-state index contributed by atoms with van der Waals surface area (Å²) >= 11 is 0. The first-order chi connectivity index (χ1) is 11.2. The first kappa shape index (κ1) is 38.4. The van der Waals surface area contributed by atoms with Crippen molar-refractivity contribution in [2.24, 2.45) is 0 Å². The van der Waals surface area contributed by atoms with E-state index in [2.05, 4.69) is 11.3 Å². The molecule has 2 nitrogen and oxygen atoms in total. The van der Waals surface area contributed by atoms with Gasteiger partial charge in [-0.3, -0.25) is 22.4 Å². The molecular weight excluding hydrogens is 359 g/mol. The van der Waals surface area contributed by atoms with Crippen molar-refractivity contribution < 1.29 is 49.0 Å². The zero-order valence-electron chi connectivity index (χ0n) is 14.0. The topological polar surface area (TPSA) is 26.3 Å². The molecule has 0 heterocycles. The van der Waals surface area contributed by atoms with Crippen molar-refractivity contribution in [1.82, 2.24) is 0 Å². The van der Waals surface area contributed by atoms with Crippen LogP contribution in [0.3, 0.4) is 0 Å². The largest absolute Gasteiger partial charge is 0.416 e. The normalized spacial score (nSPS) is 7.88. The van der Waals surface area contributed by atoms with Gasteiger partial charge in [0.15, 0.2) is 19.3 Å². The van der Waals surface area contributed by atoms with Crippen LogP contribution in [0.25, 0.3) is 0 Å². The van der Waals surface area contributed by atoms with Crippen molar-refractivity contribution >= 4 is 5.78 Å². The van der Waals surface area contributed by atoms with Gasteiger partial charge in [-0.2, -0.15) is 13.2 Å². The third-order valence-corrected chi connectivity index (χ3v) is 0.701. The van der Waals surface area contributed by atoms with Gasteiger partial charge in [0.05, 0.1) is 27.7 Å². The van der Waals surface area contributed by atoms with Gasteiger partial charge in [-0.25, -0.2) is 8.78 Å². The fourth-order valence-corrected chi connectivity index (χ4v) is 0.198. The van der Waals surface area contributed by atoms with Crippen LogP contribution in [0.5, 0.6) is 0 Å². The number of carbonyl (C=O) groups is 1. The highest BCUT2D eigenvalue weighted by atomic mass is 19.4. The Morgan fingerprint density at radius 3 is 1.33 bits per heavy atom.